The highest BCUT2D eigenvalue weighted by molar-refractivity contribution is 7.98. The number of nitrogens with zero attached hydrogens (tertiary/aromatic N) is 1. The Labute approximate surface area is 188 Å². The van der Waals surface area contributed by atoms with Crippen LogP contribution in [0.25, 0.3) is 0 Å². The molecule has 0 atom stereocenters. The zero-order valence-electron chi connectivity index (χ0n) is 17.6. The molecule has 0 aliphatic carbocycles. The van der Waals surface area contributed by atoms with Gasteiger partial charge in [0.25, 0.3) is 0 Å². The summed E-state index contributed by atoms with van der Waals surface area (Å²) in [7, 11) is -3.82. The number of anilines is 1. The van der Waals surface area contributed by atoms with Crippen LogP contribution >= 0.6 is 11.8 Å². The summed E-state index contributed by atoms with van der Waals surface area (Å²) in [5, 5.41) is 2.82. The van der Waals surface area contributed by atoms with E-state index in [9.17, 15) is 13.2 Å². The van der Waals surface area contributed by atoms with Gasteiger partial charge >= 0.3 is 0 Å². The van der Waals surface area contributed by atoms with Crippen LogP contribution < -0.4 is 5.32 Å². The van der Waals surface area contributed by atoms with E-state index in [1.165, 1.54) is 4.31 Å². The first-order chi connectivity index (χ1) is 14.9. The molecular formula is C24H26N2O3S2. The monoisotopic (exact) mass is 454 g/mol. The van der Waals surface area contributed by atoms with Gasteiger partial charge in [0.05, 0.1) is 11.4 Å². The quantitative estimate of drug-likeness (QED) is 0.480. The molecular weight excluding hydrogens is 428 g/mol. The van der Waals surface area contributed by atoms with Gasteiger partial charge in [-0.2, -0.15) is 4.31 Å². The van der Waals surface area contributed by atoms with Gasteiger partial charge in [0.2, 0.25) is 15.9 Å². The largest absolute Gasteiger partial charge is 0.325 e. The van der Waals surface area contributed by atoms with Crippen molar-refractivity contribution in [2.45, 2.75) is 23.1 Å². The molecule has 0 spiro atoms. The molecule has 0 unspecified atom stereocenters. The highest BCUT2D eigenvalue weighted by atomic mass is 32.2. The summed E-state index contributed by atoms with van der Waals surface area (Å²) in [4.78, 5) is 13.9. The Kier molecular flexibility index (Phi) is 7.90. The molecule has 31 heavy (non-hydrogen) atoms. The first kappa shape index (κ1) is 23.1. The summed E-state index contributed by atoms with van der Waals surface area (Å²) >= 11 is 1.57. The molecule has 5 nitrogen and oxygen atoms in total. The third-order valence-corrected chi connectivity index (χ3v) is 7.41. The fourth-order valence-corrected chi connectivity index (χ4v) is 4.96. The second kappa shape index (κ2) is 10.6. The van der Waals surface area contributed by atoms with Crippen LogP contribution in [0, 0.1) is 6.92 Å². The van der Waals surface area contributed by atoms with Crippen molar-refractivity contribution in [2.75, 3.05) is 24.7 Å². The lowest BCUT2D eigenvalue weighted by Crippen LogP contribution is -2.39. The Hall–Kier alpha value is -2.61. The van der Waals surface area contributed by atoms with Gasteiger partial charge in [-0.3, -0.25) is 4.79 Å². The predicted octanol–water partition coefficient (Wildman–Crippen LogP) is 4.59. The van der Waals surface area contributed by atoms with Crippen molar-refractivity contribution in [1.29, 1.82) is 0 Å². The van der Waals surface area contributed by atoms with Crippen molar-refractivity contribution < 1.29 is 13.2 Å². The molecule has 0 aliphatic rings. The Morgan fingerprint density at radius 3 is 2.35 bits per heavy atom. The Morgan fingerprint density at radius 2 is 1.68 bits per heavy atom. The van der Waals surface area contributed by atoms with E-state index in [0.29, 0.717) is 12.1 Å². The second-order valence-corrected chi connectivity index (χ2v) is 9.98. The number of hydrogen-bond acceptors (Lipinski definition) is 4. The van der Waals surface area contributed by atoms with Crippen LogP contribution in [0.1, 0.15) is 11.1 Å². The maximum Gasteiger partial charge on any atom is 0.243 e. The van der Waals surface area contributed by atoms with Gasteiger partial charge in [-0.05, 0) is 55.5 Å². The van der Waals surface area contributed by atoms with Gasteiger partial charge in [-0.15, -0.1) is 11.8 Å². The maximum atomic E-state index is 13.3. The van der Waals surface area contributed by atoms with E-state index in [0.717, 1.165) is 16.0 Å². The van der Waals surface area contributed by atoms with Gasteiger partial charge in [-0.25, -0.2) is 8.42 Å². The van der Waals surface area contributed by atoms with Gasteiger partial charge in [0.15, 0.2) is 0 Å². The molecule has 0 radical (unpaired) electrons. The van der Waals surface area contributed by atoms with Gasteiger partial charge < -0.3 is 5.32 Å². The molecule has 162 valence electrons. The number of benzene rings is 3. The zero-order valence-corrected chi connectivity index (χ0v) is 19.2. The van der Waals surface area contributed by atoms with Crippen LogP contribution in [-0.4, -0.2) is 38.0 Å². The number of carbonyl (C=O) groups is 1. The van der Waals surface area contributed by atoms with Crippen molar-refractivity contribution in [3.05, 3.63) is 90.0 Å². The highest BCUT2D eigenvalue weighted by Gasteiger charge is 2.26. The van der Waals surface area contributed by atoms with Crippen LogP contribution in [0.3, 0.4) is 0 Å². The average molecular weight is 455 g/mol. The topological polar surface area (TPSA) is 66.5 Å². The summed E-state index contributed by atoms with van der Waals surface area (Å²) < 4.78 is 27.8. The molecule has 0 heterocycles. The molecule has 0 bridgehead atoms. The van der Waals surface area contributed by atoms with Gasteiger partial charge in [0.1, 0.15) is 0 Å². The van der Waals surface area contributed by atoms with Crippen LogP contribution in [0.15, 0.2) is 88.7 Å². The van der Waals surface area contributed by atoms with Crippen molar-refractivity contribution in [3.8, 4) is 0 Å². The Balaban J connectivity index is 1.80. The number of sulfonamides is 1. The molecule has 1 amide bonds. The SMILES string of the molecule is CSc1cccc(NC(=O)CN(CCc2ccccc2)S(=O)(=O)c2ccc(C)cc2)c1. The number of amides is 1. The first-order valence-electron chi connectivity index (χ1n) is 9.93. The Bertz CT molecular complexity index is 1120. The predicted molar refractivity (Wildman–Crippen MR) is 127 cm³/mol. The zero-order chi connectivity index (χ0) is 22.3. The Morgan fingerprint density at radius 1 is 0.968 bits per heavy atom. The number of carbonyl (C=O) groups excluding carboxylic acids is 1. The molecule has 3 rings (SSSR count). The van der Waals surface area contributed by atoms with Crippen molar-refractivity contribution in [3.63, 3.8) is 0 Å². The molecule has 0 aromatic heterocycles. The molecule has 7 heteroatoms. The van der Waals surface area contributed by atoms with Crippen LogP contribution in [-0.2, 0) is 21.2 Å². The first-order valence-corrected chi connectivity index (χ1v) is 12.6. The highest BCUT2D eigenvalue weighted by Crippen LogP contribution is 2.20. The van der Waals surface area contributed by atoms with Crippen molar-refractivity contribution in [1.82, 2.24) is 4.31 Å². The number of nitrogens with one attached hydrogen (secondary N) is 1. The van der Waals surface area contributed by atoms with Crippen LogP contribution in [0.5, 0.6) is 0 Å². The second-order valence-electron chi connectivity index (χ2n) is 7.17. The lowest BCUT2D eigenvalue weighted by molar-refractivity contribution is -0.116. The van der Waals surface area contributed by atoms with Crippen LogP contribution in [0.4, 0.5) is 5.69 Å². The van der Waals surface area contributed by atoms with E-state index >= 15 is 0 Å². The number of rotatable bonds is 9. The summed E-state index contributed by atoms with van der Waals surface area (Å²) in [5.41, 5.74) is 2.63. The van der Waals surface area contributed by atoms with Crippen LogP contribution in [0.2, 0.25) is 0 Å². The number of hydrogen-bond donors (Lipinski definition) is 1. The lowest BCUT2D eigenvalue weighted by Gasteiger charge is -2.22. The molecule has 0 fully saturated rings. The summed E-state index contributed by atoms with van der Waals surface area (Å²) in [6, 6.07) is 23.8. The van der Waals surface area contributed by atoms with E-state index in [1.54, 1.807) is 42.1 Å². The normalized spacial score (nSPS) is 11.5. The minimum absolute atomic E-state index is 0.184. The third-order valence-electron chi connectivity index (χ3n) is 4.82. The third kappa shape index (κ3) is 6.43. The summed E-state index contributed by atoms with van der Waals surface area (Å²) in [5.74, 6) is -0.373. The molecule has 0 saturated carbocycles. The van der Waals surface area contributed by atoms with E-state index in [4.69, 9.17) is 0 Å². The average Bonchev–Trinajstić information content (AvgIpc) is 2.77. The smallest absolute Gasteiger partial charge is 0.243 e. The van der Waals surface area contributed by atoms with E-state index in [2.05, 4.69) is 5.32 Å². The van der Waals surface area contributed by atoms with Crippen molar-refractivity contribution in [2.24, 2.45) is 0 Å². The fourth-order valence-electron chi connectivity index (χ4n) is 3.10. The lowest BCUT2D eigenvalue weighted by atomic mass is 10.1. The number of aryl methyl sites for hydroxylation is 1. The summed E-state index contributed by atoms with van der Waals surface area (Å²) in [6.07, 6.45) is 2.47. The molecule has 0 saturated heterocycles. The maximum absolute atomic E-state index is 13.3. The molecule has 3 aromatic carbocycles. The molecule has 1 N–H and O–H groups in total. The van der Waals surface area contributed by atoms with Crippen molar-refractivity contribution >= 4 is 33.4 Å². The summed E-state index contributed by atoms with van der Waals surface area (Å²) in [6.45, 7) is 1.85. The standard InChI is InChI=1S/C24H26N2O3S2/c1-19-11-13-23(14-12-19)31(28,29)26(16-15-20-7-4-3-5-8-20)18-24(27)25-21-9-6-10-22(17-21)30-2/h3-14,17H,15-16,18H2,1-2H3,(H,25,27). The van der Waals surface area contributed by atoms with E-state index < -0.39 is 10.0 Å². The molecule has 3 aromatic rings. The van der Waals surface area contributed by atoms with E-state index in [-0.39, 0.29) is 23.9 Å². The fraction of sp³-hybridized carbons (Fsp3) is 0.208. The van der Waals surface area contributed by atoms with Gasteiger partial charge in [-0.1, -0.05) is 54.1 Å². The number of thioether (sulfide) groups is 1. The van der Waals surface area contributed by atoms with E-state index in [1.807, 2.05) is 61.7 Å². The van der Waals surface area contributed by atoms with Gasteiger partial charge in [0, 0.05) is 17.1 Å². The minimum Gasteiger partial charge on any atom is -0.325 e. The minimum atomic E-state index is -3.82. The molecule has 0 aliphatic heterocycles.